The van der Waals surface area contributed by atoms with Gasteiger partial charge in [-0.15, -0.1) is 0 Å². The zero-order chi connectivity index (χ0) is 18.0. The van der Waals surface area contributed by atoms with Crippen LogP contribution in [-0.4, -0.2) is 23.6 Å². The quantitative estimate of drug-likeness (QED) is 0.690. The molecular weight excluding hydrogens is 359 g/mol. The molecule has 1 N–H and O–H groups in total. The summed E-state index contributed by atoms with van der Waals surface area (Å²) in [6.45, 7) is 4.35. The van der Waals surface area contributed by atoms with Gasteiger partial charge in [0.25, 0.3) is 0 Å². The van der Waals surface area contributed by atoms with E-state index in [4.69, 9.17) is 27.9 Å². The van der Waals surface area contributed by atoms with Crippen LogP contribution in [0.2, 0.25) is 10.0 Å². The molecule has 2 aromatic rings. The molecule has 0 aliphatic heterocycles. The number of benzene rings is 1. The molecule has 1 aliphatic rings. The summed E-state index contributed by atoms with van der Waals surface area (Å²) < 4.78 is 5.21. The number of halogens is 2. The molecule has 134 valence electrons. The molecule has 1 aromatic heterocycles. The van der Waals surface area contributed by atoms with Crippen molar-refractivity contribution in [2.24, 2.45) is 5.92 Å². The van der Waals surface area contributed by atoms with Gasteiger partial charge in [-0.1, -0.05) is 43.0 Å². The molecule has 2 atom stereocenters. The Morgan fingerprint density at radius 2 is 2.08 bits per heavy atom. The predicted molar refractivity (Wildman–Crippen MR) is 103 cm³/mol. The van der Waals surface area contributed by atoms with Gasteiger partial charge in [-0.25, -0.2) is 4.79 Å². The molecule has 0 radical (unpaired) electrons. The van der Waals surface area contributed by atoms with Gasteiger partial charge < -0.3 is 10.1 Å². The van der Waals surface area contributed by atoms with Gasteiger partial charge in [0.1, 0.15) is 5.56 Å². The highest BCUT2D eigenvalue weighted by molar-refractivity contribution is 6.45. The number of nitrogens with one attached hydrogen (secondary N) is 1. The first kappa shape index (κ1) is 18.3. The minimum absolute atomic E-state index is 0.307. The van der Waals surface area contributed by atoms with Crippen LogP contribution in [0.15, 0.2) is 18.3 Å². The highest BCUT2D eigenvalue weighted by atomic mass is 35.5. The van der Waals surface area contributed by atoms with Crippen LogP contribution in [0.25, 0.3) is 10.9 Å². The van der Waals surface area contributed by atoms with Gasteiger partial charge in [0.15, 0.2) is 0 Å². The van der Waals surface area contributed by atoms with Crippen molar-refractivity contribution in [1.82, 2.24) is 4.98 Å². The molecule has 1 saturated carbocycles. The van der Waals surface area contributed by atoms with Gasteiger partial charge in [0.2, 0.25) is 0 Å². The maximum absolute atomic E-state index is 12.4. The number of nitrogens with zero attached hydrogens (tertiary/aromatic N) is 1. The normalized spacial score (nSPS) is 20.5. The molecule has 1 aliphatic carbocycles. The Kier molecular flexibility index (Phi) is 5.70. The molecular formula is C19H22Cl2N2O2. The van der Waals surface area contributed by atoms with Crippen LogP contribution in [0.5, 0.6) is 0 Å². The van der Waals surface area contributed by atoms with Crippen molar-refractivity contribution in [2.45, 2.75) is 45.6 Å². The summed E-state index contributed by atoms with van der Waals surface area (Å²) in [5.41, 5.74) is 1.76. The van der Waals surface area contributed by atoms with Crippen LogP contribution in [0.3, 0.4) is 0 Å². The molecule has 0 spiro atoms. The summed E-state index contributed by atoms with van der Waals surface area (Å²) in [6.07, 6.45) is 6.23. The number of esters is 1. The Bertz CT molecular complexity index is 795. The van der Waals surface area contributed by atoms with Gasteiger partial charge in [0, 0.05) is 17.6 Å². The number of fused-ring (bicyclic) bond motifs is 1. The number of carbonyl (C=O) groups excluding carboxylic acids is 1. The summed E-state index contributed by atoms with van der Waals surface area (Å²) >= 11 is 12.4. The van der Waals surface area contributed by atoms with E-state index in [1.165, 1.54) is 25.5 Å². The molecule has 1 heterocycles. The third-order valence-electron chi connectivity index (χ3n) is 4.87. The number of carbonyl (C=O) groups is 1. The highest BCUT2D eigenvalue weighted by Gasteiger charge is 2.25. The van der Waals surface area contributed by atoms with Gasteiger partial charge in [-0.3, -0.25) is 4.98 Å². The van der Waals surface area contributed by atoms with E-state index >= 15 is 0 Å². The molecule has 0 saturated heterocycles. The molecule has 3 rings (SSSR count). The van der Waals surface area contributed by atoms with Crippen LogP contribution in [0.1, 0.15) is 49.9 Å². The molecule has 25 heavy (non-hydrogen) atoms. The average Bonchev–Trinajstić information content (AvgIpc) is 2.60. The fraction of sp³-hybridized carbons (Fsp3) is 0.474. The number of anilines is 1. The van der Waals surface area contributed by atoms with Crippen molar-refractivity contribution < 1.29 is 9.53 Å². The van der Waals surface area contributed by atoms with E-state index in [9.17, 15) is 4.79 Å². The second-order valence-corrected chi connectivity index (χ2v) is 7.32. The molecule has 0 amide bonds. The SMILES string of the molecule is CCOC(=O)c1cnc2c(Cl)c(Cl)ccc2c1N[C@@H]1CCCC[C@H]1C. The van der Waals surface area contributed by atoms with Crippen molar-refractivity contribution in [3.8, 4) is 0 Å². The second-order valence-electron chi connectivity index (χ2n) is 6.54. The lowest BCUT2D eigenvalue weighted by Crippen LogP contribution is -2.31. The zero-order valence-electron chi connectivity index (χ0n) is 14.4. The lowest BCUT2D eigenvalue weighted by molar-refractivity contribution is 0.0527. The molecule has 0 bridgehead atoms. The van der Waals surface area contributed by atoms with Gasteiger partial charge >= 0.3 is 5.97 Å². The van der Waals surface area contributed by atoms with Gasteiger partial charge in [-0.2, -0.15) is 0 Å². The van der Waals surface area contributed by atoms with Gasteiger partial charge in [0.05, 0.1) is 27.9 Å². The summed E-state index contributed by atoms with van der Waals surface area (Å²) in [4.78, 5) is 16.8. The third kappa shape index (κ3) is 3.70. The van der Waals surface area contributed by atoms with Crippen molar-refractivity contribution >= 4 is 45.8 Å². The van der Waals surface area contributed by atoms with Crippen LogP contribution in [0.4, 0.5) is 5.69 Å². The minimum atomic E-state index is -0.381. The molecule has 1 aromatic carbocycles. The van der Waals surface area contributed by atoms with Crippen LogP contribution in [0, 0.1) is 5.92 Å². The molecule has 1 fully saturated rings. The maximum atomic E-state index is 12.4. The van der Waals surface area contributed by atoms with E-state index in [2.05, 4.69) is 17.2 Å². The first-order valence-electron chi connectivity index (χ1n) is 8.73. The number of hydrogen-bond acceptors (Lipinski definition) is 4. The van der Waals surface area contributed by atoms with Crippen molar-refractivity contribution in [1.29, 1.82) is 0 Å². The summed E-state index contributed by atoms with van der Waals surface area (Å²) in [6, 6.07) is 3.90. The van der Waals surface area contributed by atoms with Crippen LogP contribution < -0.4 is 5.32 Å². The fourth-order valence-electron chi connectivity index (χ4n) is 3.44. The van der Waals surface area contributed by atoms with E-state index < -0.39 is 0 Å². The first-order chi connectivity index (χ1) is 12.0. The maximum Gasteiger partial charge on any atom is 0.341 e. The van der Waals surface area contributed by atoms with Crippen molar-refractivity contribution in [2.75, 3.05) is 11.9 Å². The van der Waals surface area contributed by atoms with E-state index in [-0.39, 0.29) is 5.97 Å². The number of aromatic nitrogens is 1. The Morgan fingerprint density at radius 3 is 2.80 bits per heavy atom. The highest BCUT2D eigenvalue weighted by Crippen LogP contribution is 2.37. The Labute approximate surface area is 157 Å². The number of ether oxygens (including phenoxy) is 1. The molecule has 4 nitrogen and oxygen atoms in total. The summed E-state index contributed by atoms with van der Waals surface area (Å²) in [5, 5.41) is 5.22. The molecule has 0 unspecified atom stereocenters. The van der Waals surface area contributed by atoms with Gasteiger partial charge in [-0.05, 0) is 37.8 Å². The van der Waals surface area contributed by atoms with Crippen LogP contribution in [-0.2, 0) is 4.74 Å². The van der Waals surface area contributed by atoms with Crippen molar-refractivity contribution in [3.05, 3.63) is 33.9 Å². The summed E-state index contributed by atoms with van der Waals surface area (Å²) in [7, 11) is 0. The van der Waals surface area contributed by atoms with Crippen molar-refractivity contribution in [3.63, 3.8) is 0 Å². The van der Waals surface area contributed by atoms with E-state index in [0.29, 0.717) is 39.7 Å². The predicted octanol–water partition coefficient (Wildman–Crippen LogP) is 5.71. The Morgan fingerprint density at radius 1 is 1.32 bits per heavy atom. The zero-order valence-corrected chi connectivity index (χ0v) is 16.0. The van der Waals surface area contributed by atoms with E-state index in [1.54, 1.807) is 13.0 Å². The topological polar surface area (TPSA) is 51.2 Å². The minimum Gasteiger partial charge on any atom is -0.462 e. The standard InChI is InChI=1S/C19H22Cl2N2O2/c1-3-25-19(24)13-10-22-18-12(8-9-14(20)16(18)21)17(13)23-15-7-5-4-6-11(15)2/h8-11,15H,3-7H2,1-2H3,(H,22,23)/t11-,15-/m1/s1. The monoisotopic (exact) mass is 380 g/mol. The number of pyridine rings is 1. The second kappa shape index (κ2) is 7.79. The summed E-state index contributed by atoms with van der Waals surface area (Å²) in [5.74, 6) is 0.156. The first-order valence-corrected chi connectivity index (χ1v) is 9.48. The lowest BCUT2D eigenvalue weighted by Gasteiger charge is -2.31. The van der Waals surface area contributed by atoms with E-state index in [0.717, 1.165) is 17.5 Å². The third-order valence-corrected chi connectivity index (χ3v) is 5.66. The fourth-order valence-corrected chi connectivity index (χ4v) is 3.81. The smallest absolute Gasteiger partial charge is 0.341 e. The Hall–Kier alpha value is -1.52. The average molecular weight is 381 g/mol. The lowest BCUT2D eigenvalue weighted by atomic mass is 9.85. The van der Waals surface area contributed by atoms with E-state index in [1.807, 2.05) is 6.07 Å². The molecule has 6 heteroatoms. The van der Waals surface area contributed by atoms with Crippen LogP contribution >= 0.6 is 23.2 Å². The Balaban J connectivity index is 2.11. The largest absolute Gasteiger partial charge is 0.462 e. The number of rotatable bonds is 4. The number of hydrogen-bond donors (Lipinski definition) is 1.